The summed E-state index contributed by atoms with van der Waals surface area (Å²) in [6.07, 6.45) is 0. The van der Waals surface area contributed by atoms with Crippen molar-refractivity contribution in [3.63, 3.8) is 0 Å². The Balaban J connectivity index is 2.00. The summed E-state index contributed by atoms with van der Waals surface area (Å²) in [7, 11) is 1.67. The van der Waals surface area contributed by atoms with Gasteiger partial charge in [-0.3, -0.25) is 0 Å². The number of rotatable bonds is 3. The molecular weight excluding hydrogens is 358 g/mol. The first-order valence-electron chi connectivity index (χ1n) is 9.76. The average molecular weight is 383 g/mol. The fraction of sp³-hybridized carbons (Fsp3) is 0.192. The van der Waals surface area contributed by atoms with Gasteiger partial charge < -0.3 is 9.15 Å². The monoisotopic (exact) mass is 383 g/mol. The van der Waals surface area contributed by atoms with Crippen LogP contribution >= 0.6 is 0 Å². The predicted molar refractivity (Wildman–Crippen MR) is 119 cm³/mol. The van der Waals surface area contributed by atoms with E-state index >= 15 is 0 Å². The van der Waals surface area contributed by atoms with E-state index in [4.69, 9.17) is 14.1 Å². The van der Waals surface area contributed by atoms with E-state index in [0.717, 1.165) is 39.1 Å². The van der Waals surface area contributed by atoms with Gasteiger partial charge in [-0.05, 0) is 75.2 Å². The molecule has 0 spiro atoms. The van der Waals surface area contributed by atoms with Gasteiger partial charge in [-0.15, -0.1) is 0 Å². The van der Waals surface area contributed by atoms with Crippen molar-refractivity contribution in [3.05, 3.63) is 88.3 Å². The number of hydrogen-bond acceptors (Lipinski definition) is 3. The largest absolute Gasteiger partial charge is 0.497 e. The number of fused-ring (bicyclic) bond motifs is 1. The summed E-state index contributed by atoms with van der Waals surface area (Å²) in [5.74, 6) is 1.60. The van der Waals surface area contributed by atoms with Gasteiger partial charge >= 0.3 is 0 Å². The number of ether oxygens (including phenoxy) is 1. The number of hydrogen-bond donors (Lipinski definition) is 0. The third kappa shape index (κ3) is 3.81. The van der Waals surface area contributed by atoms with Gasteiger partial charge in [-0.25, -0.2) is 4.99 Å². The molecule has 1 heterocycles. The van der Waals surface area contributed by atoms with Crippen LogP contribution in [0.5, 0.6) is 5.75 Å². The van der Waals surface area contributed by atoms with Crippen molar-refractivity contribution in [2.75, 3.05) is 7.11 Å². The molecule has 0 aliphatic carbocycles. The van der Waals surface area contributed by atoms with Crippen molar-refractivity contribution >= 4 is 16.7 Å². The maximum absolute atomic E-state index is 6.23. The molecule has 29 heavy (non-hydrogen) atoms. The molecule has 0 N–H and O–H groups in total. The van der Waals surface area contributed by atoms with Crippen molar-refractivity contribution in [3.8, 4) is 17.1 Å². The lowest BCUT2D eigenvalue weighted by Crippen LogP contribution is -2.04. The Labute approximate surface area is 171 Å². The van der Waals surface area contributed by atoms with Gasteiger partial charge in [0, 0.05) is 17.0 Å². The van der Waals surface area contributed by atoms with E-state index in [1.165, 1.54) is 22.3 Å². The second-order valence-electron chi connectivity index (χ2n) is 7.58. The standard InChI is InChI=1S/C26H25NO2/c1-16-6-11-24-22(14-16)23(27-26-18(3)12-17(2)13-19(26)4)15-25(29-24)20-7-9-21(28-5)10-8-20/h6-15H,1-5H3. The van der Waals surface area contributed by atoms with E-state index in [9.17, 15) is 0 Å². The quantitative estimate of drug-likeness (QED) is 0.401. The zero-order valence-corrected chi connectivity index (χ0v) is 17.5. The second kappa shape index (κ2) is 7.59. The first kappa shape index (κ1) is 19.0. The van der Waals surface area contributed by atoms with Crippen LogP contribution in [0.25, 0.3) is 22.3 Å². The molecule has 3 heteroatoms. The summed E-state index contributed by atoms with van der Waals surface area (Å²) in [6.45, 7) is 8.43. The van der Waals surface area contributed by atoms with Gasteiger partial charge in [0.2, 0.25) is 0 Å². The van der Waals surface area contributed by atoms with E-state index in [0.29, 0.717) is 0 Å². The molecule has 0 aliphatic heterocycles. The Kier molecular flexibility index (Phi) is 4.98. The SMILES string of the molecule is COc1ccc(-c2cc(=Nc3c(C)cc(C)cc3C)c3cc(C)ccc3o2)cc1. The molecule has 3 nitrogen and oxygen atoms in total. The Bertz CT molecular complexity index is 1240. The minimum Gasteiger partial charge on any atom is -0.497 e. The van der Waals surface area contributed by atoms with Crippen molar-refractivity contribution < 1.29 is 9.15 Å². The number of nitrogens with zero attached hydrogens (tertiary/aromatic N) is 1. The maximum Gasteiger partial charge on any atom is 0.136 e. The third-order valence-corrected chi connectivity index (χ3v) is 5.14. The van der Waals surface area contributed by atoms with Crippen molar-refractivity contribution in [2.24, 2.45) is 4.99 Å². The Hall–Kier alpha value is -3.33. The topological polar surface area (TPSA) is 34.7 Å². The lowest BCUT2D eigenvalue weighted by atomic mass is 10.0. The number of aryl methyl sites for hydroxylation is 4. The summed E-state index contributed by atoms with van der Waals surface area (Å²) in [5, 5.41) is 1.93. The minimum absolute atomic E-state index is 0.783. The molecule has 0 radical (unpaired) electrons. The van der Waals surface area contributed by atoms with Crippen LogP contribution in [0.1, 0.15) is 22.3 Å². The zero-order chi connectivity index (χ0) is 20.5. The highest BCUT2D eigenvalue weighted by molar-refractivity contribution is 5.79. The molecule has 0 aliphatic rings. The lowest BCUT2D eigenvalue weighted by molar-refractivity contribution is 0.415. The van der Waals surface area contributed by atoms with Crippen LogP contribution in [-0.2, 0) is 0 Å². The van der Waals surface area contributed by atoms with Crippen molar-refractivity contribution in [1.29, 1.82) is 0 Å². The van der Waals surface area contributed by atoms with Gasteiger partial charge in [-0.2, -0.15) is 0 Å². The third-order valence-electron chi connectivity index (χ3n) is 5.14. The predicted octanol–water partition coefficient (Wildman–Crippen LogP) is 6.57. The van der Waals surface area contributed by atoms with E-state index in [-0.39, 0.29) is 0 Å². The maximum atomic E-state index is 6.23. The summed E-state index contributed by atoms with van der Waals surface area (Å²) < 4.78 is 11.5. The van der Waals surface area contributed by atoms with Crippen LogP contribution in [0.3, 0.4) is 0 Å². The Morgan fingerprint density at radius 3 is 2.10 bits per heavy atom. The van der Waals surface area contributed by atoms with E-state index < -0.39 is 0 Å². The summed E-state index contributed by atoms with van der Waals surface area (Å²) in [6, 6.07) is 20.5. The van der Waals surface area contributed by atoms with Gasteiger partial charge in [0.05, 0.1) is 18.2 Å². The lowest BCUT2D eigenvalue weighted by Gasteiger charge is -2.09. The Morgan fingerprint density at radius 1 is 0.759 bits per heavy atom. The molecular formula is C26H25NO2. The van der Waals surface area contributed by atoms with Crippen LogP contribution in [-0.4, -0.2) is 7.11 Å². The molecule has 0 amide bonds. The van der Waals surface area contributed by atoms with Crippen LogP contribution in [0.2, 0.25) is 0 Å². The molecule has 1 aromatic heterocycles. The van der Waals surface area contributed by atoms with Gasteiger partial charge in [0.15, 0.2) is 0 Å². The van der Waals surface area contributed by atoms with Crippen LogP contribution < -0.4 is 10.1 Å². The van der Waals surface area contributed by atoms with E-state index in [1.807, 2.05) is 36.4 Å². The van der Waals surface area contributed by atoms with Crippen LogP contribution in [0, 0.1) is 27.7 Å². The number of benzene rings is 3. The Morgan fingerprint density at radius 2 is 1.45 bits per heavy atom. The van der Waals surface area contributed by atoms with Gasteiger partial charge in [-0.1, -0.05) is 29.3 Å². The molecule has 0 saturated heterocycles. The minimum atomic E-state index is 0.783. The molecule has 0 bridgehead atoms. The molecule has 0 saturated carbocycles. The fourth-order valence-electron chi connectivity index (χ4n) is 3.74. The molecule has 4 rings (SSSR count). The van der Waals surface area contributed by atoms with Crippen molar-refractivity contribution in [2.45, 2.75) is 27.7 Å². The van der Waals surface area contributed by atoms with Crippen LogP contribution in [0.4, 0.5) is 5.69 Å². The molecule has 0 unspecified atom stereocenters. The molecule has 0 fully saturated rings. The normalized spacial score (nSPS) is 11.8. The van der Waals surface area contributed by atoms with Crippen molar-refractivity contribution in [1.82, 2.24) is 0 Å². The molecule has 4 aromatic rings. The average Bonchev–Trinajstić information content (AvgIpc) is 2.70. The van der Waals surface area contributed by atoms with Gasteiger partial charge in [0.25, 0.3) is 0 Å². The molecule has 3 aromatic carbocycles. The first-order valence-corrected chi connectivity index (χ1v) is 9.76. The van der Waals surface area contributed by atoms with E-state index in [1.54, 1.807) is 7.11 Å². The summed E-state index contributed by atoms with van der Waals surface area (Å²) in [4.78, 5) is 5.09. The highest BCUT2D eigenvalue weighted by Gasteiger charge is 2.09. The number of methoxy groups -OCH3 is 1. The highest BCUT2D eigenvalue weighted by Crippen LogP contribution is 2.27. The van der Waals surface area contributed by atoms with Gasteiger partial charge in [0.1, 0.15) is 17.1 Å². The summed E-state index contributed by atoms with van der Waals surface area (Å²) >= 11 is 0. The first-order chi connectivity index (χ1) is 13.9. The molecule has 0 atom stereocenters. The van der Waals surface area contributed by atoms with Crippen LogP contribution in [0.15, 0.2) is 70.1 Å². The second-order valence-corrected chi connectivity index (χ2v) is 7.58. The fourth-order valence-corrected chi connectivity index (χ4v) is 3.74. The smallest absolute Gasteiger partial charge is 0.136 e. The molecule has 146 valence electrons. The zero-order valence-electron chi connectivity index (χ0n) is 17.5. The summed E-state index contributed by atoms with van der Waals surface area (Å²) in [5.41, 5.74) is 7.61. The van der Waals surface area contributed by atoms with E-state index in [2.05, 4.69) is 52.0 Å². The highest BCUT2D eigenvalue weighted by atomic mass is 16.5.